The summed E-state index contributed by atoms with van der Waals surface area (Å²) < 4.78 is 14.4. The lowest BCUT2D eigenvalue weighted by Gasteiger charge is -1.93. The largest absolute Gasteiger partial charge is 0.694 e. The van der Waals surface area contributed by atoms with Crippen molar-refractivity contribution in [3.05, 3.63) is 0 Å². The first-order valence-corrected chi connectivity index (χ1v) is 4.80. The molecule has 11 heavy (non-hydrogen) atoms. The minimum absolute atomic E-state index is 0.217. The normalized spacial score (nSPS) is 11.6. The number of hydrogen-bond donors (Lipinski definition) is 2. The van der Waals surface area contributed by atoms with Crippen molar-refractivity contribution in [1.29, 1.82) is 0 Å². The Labute approximate surface area is 67.1 Å². The van der Waals surface area contributed by atoms with Crippen molar-refractivity contribution >= 4 is 8.25 Å². The highest BCUT2D eigenvalue weighted by atomic mass is 31.1. The maximum Gasteiger partial charge on any atom is 0.694 e. The van der Waals surface area contributed by atoms with Crippen LogP contribution in [-0.4, -0.2) is 23.2 Å². The molecule has 0 aromatic rings. The second-order valence-electron chi connectivity index (χ2n) is 2.21. The molecule has 0 fully saturated rings. The topological polar surface area (TPSA) is 66.8 Å². The zero-order valence-corrected chi connectivity index (χ0v) is 7.30. The molecule has 4 nitrogen and oxygen atoms in total. The van der Waals surface area contributed by atoms with Gasteiger partial charge in [-0.2, -0.15) is 0 Å². The Balaban J connectivity index is 2.85. The monoisotopic (exact) mass is 181 g/mol. The van der Waals surface area contributed by atoms with Crippen molar-refractivity contribution in [2.75, 3.05) is 13.2 Å². The maximum atomic E-state index is 9.97. The number of aliphatic hydroxyl groups is 1. The molecule has 0 aliphatic carbocycles. The molecule has 1 unspecified atom stereocenters. The molecule has 0 aromatic heterocycles. The number of unbranched alkanes of at least 4 members (excludes halogenated alkanes) is 3. The Morgan fingerprint density at radius 3 is 2.36 bits per heavy atom. The molecular formula is C6H14O4P+. The Bertz CT molecular complexity index is 107. The van der Waals surface area contributed by atoms with Crippen LogP contribution in [0.4, 0.5) is 0 Å². The van der Waals surface area contributed by atoms with Crippen LogP contribution in [0.25, 0.3) is 0 Å². The molecule has 0 aliphatic heterocycles. The summed E-state index contributed by atoms with van der Waals surface area (Å²) in [6.45, 7) is 0.548. The average Bonchev–Trinajstić information content (AvgIpc) is 1.96. The lowest BCUT2D eigenvalue weighted by atomic mass is 10.2. The van der Waals surface area contributed by atoms with E-state index in [4.69, 9.17) is 10.00 Å². The third-order valence-electron chi connectivity index (χ3n) is 1.25. The summed E-state index contributed by atoms with van der Waals surface area (Å²) in [5, 5.41) is 8.39. The van der Waals surface area contributed by atoms with Gasteiger partial charge in [-0.1, -0.05) is 12.8 Å². The molecule has 66 valence electrons. The third-order valence-corrected chi connectivity index (χ3v) is 1.66. The Morgan fingerprint density at radius 1 is 1.18 bits per heavy atom. The SMILES string of the molecule is O=[P+](O)OCCCCCCO. The average molecular weight is 181 g/mol. The van der Waals surface area contributed by atoms with Crippen LogP contribution in [0.3, 0.4) is 0 Å². The van der Waals surface area contributed by atoms with E-state index in [1.54, 1.807) is 0 Å². The van der Waals surface area contributed by atoms with E-state index >= 15 is 0 Å². The number of hydrogen-bond acceptors (Lipinski definition) is 3. The van der Waals surface area contributed by atoms with Gasteiger partial charge in [0, 0.05) is 11.2 Å². The van der Waals surface area contributed by atoms with E-state index in [-0.39, 0.29) is 6.61 Å². The van der Waals surface area contributed by atoms with Gasteiger partial charge in [0.2, 0.25) is 0 Å². The van der Waals surface area contributed by atoms with Crippen LogP contribution in [-0.2, 0) is 9.09 Å². The van der Waals surface area contributed by atoms with E-state index in [9.17, 15) is 4.57 Å². The first kappa shape index (κ1) is 11.0. The molecule has 0 amide bonds. The summed E-state index contributed by atoms with van der Waals surface area (Å²) in [4.78, 5) is 8.20. The first-order chi connectivity index (χ1) is 5.27. The van der Waals surface area contributed by atoms with Gasteiger partial charge in [0.05, 0.1) is 0 Å². The van der Waals surface area contributed by atoms with Gasteiger partial charge in [-0.05, 0) is 12.8 Å². The fourth-order valence-electron chi connectivity index (χ4n) is 0.710. The van der Waals surface area contributed by atoms with Gasteiger partial charge in [-0.3, -0.25) is 0 Å². The van der Waals surface area contributed by atoms with Gasteiger partial charge in [-0.25, -0.2) is 0 Å². The van der Waals surface area contributed by atoms with Gasteiger partial charge >= 0.3 is 8.25 Å². The molecule has 0 saturated carbocycles. The molecular weight excluding hydrogens is 167 g/mol. The van der Waals surface area contributed by atoms with Crippen LogP contribution in [0, 0.1) is 0 Å². The molecule has 0 spiro atoms. The minimum Gasteiger partial charge on any atom is -0.396 e. The minimum atomic E-state index is -2.42. The number of aliphatic hydroxyl groups excluding tert-OH is 1. The molecule has 0 rings (SSSR count). The quantitative estimate of drug-likeness (QED) is 0.457. The lowest BCUT2D eigenvalue weighted by molar-refractivity contribution is 0.262. The zero-order valence-electron chi connectivity index (χ0n) is 6.40. The van der Waals surface area contributed by atoms with Crippen molar-refractivity contribution in [2.24, 2.45) is 0 Å². The Hall–Kier alpha value is -0.0200. The second kappa shape index (κ2) is 8.08. The molecule has 0 radical (unpaired) electrons. The van der Waals surface area contributed by atoms with Crippen molar-refractivity contribution < 1.29 is 19.1 Å². The van der Waals surface area contributed by atoms with Gasteiger partial charge < -0.3 is 5.11 Å². The standard InChI is InChI=1S/C6H13O4P/c7-5-3-1-2-4-6-10-11(8)9/h7H,1-6H2/p+1. The highest BCUT2D eigenvalue weighted by Crippen LogP contribution is 2.15. The van der Waals surface area contributed by atoms with Crippen LogP contribution in [0.2, 0.25) is 0 Å². The fraction of sp³-hybridized carbons (Fsp3) is 1.00. The molecule has 2 N–H and O–H groups in total. The smallest absolute Gasteiger partial charge is 0.396 e. The summed E-state index contributed by atoms with van der Waals surface area (Å²) in [5.74, 6) is 0. The highest BCUT2D eigenvalue weighted by Gasteiger charge is 2.09. The van der Waals surface area contributed by atoms with E-state index in [1.165, 1.54) is 0 Å². The number of rotatable bonds is 7. The van der Waals surface area contributed by atoms with Crippen molar-refractivity contribution in [1.82, 2.24) is 0 Å². The fourth-order valence-corrected chi connectivity index (χ4v) is 0.995. The van der Waals surface area contributed by atoms with Crippen molar-refractivity contribution in [3.63, 3.8) is 0 Å². The molecule has 0 aliphatic rings. The van der Waals surface area contributed by atoms with Gasteiger partial charge in [0.25, 0.3) is 0 Å². The third kappa shape index (κ3) is 9.98. The van der Waals surface area contributed by atoms with Gasteiger partial charge in [0.15, 0.2) is 0 Å². The Kier molecular flexibility index (Phi) is 8.07. The van der Waals surface area contributed by atoms with E-state index in [0.29, 0.717) is 6.61 Å². The predicted molar refractivity (Wildman–Crippen MR) is 41.3 cm³/mol. The van der Waals surface area contributed by atoms with Crippen LogP contribution < -0.4 is 0 Å². The molecule has 0 saturated heterocycles. The molecule has 1 atom stereocenters. The van der Waals surface area contributed by atoms with E-state index in [2.05, 4.69) is 4.52 Å². The maximum absolute atomic E-state index is 9.97. The van der Waals surface area contributed by atoms with Crippen LogP contribution in [0.5, 0.6) is 0 Å². The van der Waals surface area contributed by atoms with Crippen LogP contribution >= 0.6 is 8.25 Å². The van der Waals surface area contributed by atoms with E-state index in [1.807, 2.05) is 0 Å². The van der Waals surface area contributed by atoms with Crippen molar-refractivity contribution in [2.45, 2.75) is 25.7 Å². The zero-order chi connectivity index (χ0) is 8.53. The summed E-state index contributed by atoms with van der Waals surface area (Å²) >= 11 is 0. The van der Waals surface area contributed by atoms with Gasteiger partial charge in [-0.15, -0.1) is 9.42 Å². The summed E-state index contributed by atoms with van der Waals surface area (Å²) in [6, 6.07) is 0. The molecule has 0 aromatic carbocycles. The predicted octanol–water partition coefficient (Wildman–Crippen LogP) is 1.21. The second-order valence-corrected chi connectivity index (χ2v) is 2.94. The summed E-state index contributed by atoms with van der Waals surface area (Å²) in [6.07, 6.45) is 3.46. The summed E-state index contributed by atoms with van der Waals surface area (Å²) in [7, 11) is -2.42. The van der Waals surface area contributed by atoms with Crippen LogP contribution in [0.1, 0.15) is 25.7 Å². The highest BCUT2D eigenvalue weighted by molar-refractivity contribution is 7.32. The molecule has 0 bridgehead atoms. The molecule has 5 heteroatoms. The molecule has 0 heterocycles. The van der Waals surface area contributed by atoms with E-state index < -0.39 is 8.25 Å². The Morgan fingerprint density at radius 2 is 1.82 bits per heavy atom. The van der Waals surface area contributed by atoms with Crippen molar-refractivity contribution in [3.8, 4) is 0 Å². The van der Waals surface area contributed by atoms with Gasteiger partial charge in [0.1, 0.15) is 6.61 Å². The summed E-state index contributed by atoms with van der Waals surface area (Å²) in [5.41, 5.74) is 0. The van der Waals surface area contributed by atoms with Crippen LogP contribution in [0.15, 0.2) is 0 Å². The van der Waals surface area contributed by atoms with E-state index in [0.717, 1.165) is 25.7 Å². The lowest BCUT2D eigenvalue weighted by Crippen LogP contribution is -1.88. The first-order valence-electron chi connectivity index (χ1n) is 3.67.